The topological polar surface area (TPSA) is 79.3 Å². The van der Waals surface area contributed by atoms with Crippen molar-refractivity contribution in [1.29, 1.82) is 0 Å². The Morgan fingerprint density at radius 1 is 0.964 bits per heavy atom. The number of carbonyl (C=O) groups excluding carboxylic acids is 2. The van der Waals surface area contributed by atoms with Crippen LogP contribution < -0.4 is 9.47 Å². The normalized spacial score (nSPS) is 15.1. The van der Waals surface area contributed by atoms with Crippen LogP contribution >= 0.6 is 0 Å². The number of nitrogens with zero attached hydrogens (tertiary/aromatic N) is 2. The fourth-order valence-corrected chi connectivity index (χ4v) is 3.16. The molecule has 1 saturated heterocycles. The zero-order chi connectivity index (χ0) is 20.1. The van der Waals surface area contributed by atoms with Crippen molar-refractivity contribution < 1.29 is 24.2 Å². The largest absolute Gasteiger partial charge is 0.508 e. The average Bonchev–Trinajstić information content (AvgIpc) is 2.74. The first-order valence-electron chi connectivity index (χ1n) is 9.16. The Morgan fingerprint density at radius 2 is 1.57 bits per heavy atom. The Kier molecular flexibility index (Phi) is 6.03. The predicted molar refractivity (Wildman–Crippen MR) is 104 cm³/mol. The molecule has 0 radical (unpaired) electrons. The summed E-state index contributed by atoms with van der Waals surface area (Å²) in [7, 11) is 1.54. The first kappa shape index (κ1) is 19.5. The zero-order valence-corrected chi connectivity index (χ0v) is 16.0. The van der Waals surface area contributed by atoms with Crippen molar-refractivity contribution >= 4 is 11.8 Å². The molecule has 1 aliphatic rings. The van der Waals surface area contributed by atoms with Gasteiger partial charge in [0.2, 0.25) is 0 Å². The number of piperazine rings is 1. The summed E-state index contributed by atoms with van der Waals surface area (Å²) in [5, 5.41) is 9.32. The first-order valence-corrected chi connectivity index (χ1v) is 9.16. The molecule has 3 rings (SSSR count). The van der Waals surface area contributed by atoms with Crippen LogP contribution in [0.25, 0.3) is 0 Å². The zero-order valence-electron chi connectivity index (χ0n) is 16.0. The van der Waals surface area contributed by atoms with Gasteiger partial charge in [0.05, 0.1) is 12.7 Å². The number of amides is 2. The predicted octanol–water partition coefficient (Wildman–Crippen LogP) is 2.15. The molecule has 28 heavy (non-hydrogen) atoms. The second kappa shape index (κ2) is 8.65. The highest BCUT2D eigenvalue weighted by Crippen LogP contribution is 2.21. The van der Waals surface area contributed by atoms with Crippen LogP contribution in [0.1, 0.15) is 17.3 Å². The molecular formula is C21H24N2O5. The summed E-state index contributed by atoms with van der Waals surface area (Å²) >= 11 is 0. The highest BCUT2D eigenvalue weighted by Gasteiger charge is 2.29. The first-order chi connectivity index (χ1) is 13.5. The molecule has 2 amide bonds. The van der Waals surface area contributed by atoms with E-state index in [1.54, 1.807) is 47.1 Å². The van der Waals surface area contributed by atoms with Crippen LogP contribution in [-0.4, -0.2) is 66.1 Å². The summed E-state index contributed by atoms with van der Waals surface area (Å²) in [6.07, 6.45) is -0.652. The summed E-state index contributed by atoms with van der Waals surface area (Å²) < 4.78 is 10.9. The van der Waals surface area contributed by atoms with E-state index in [0.717, 1.165) is 0 Å². The summed E-state index contributed by atoms with van der Waals surface area (Å²) in [4.78, 5) is 28.8. The molecule has 0 aromatic heterocycles. The van der Waals surface area contributed by atoms with Crippen LogP contribution in [0.3, 0.4) is 0 Å². The van der Waals surface area contributed by atoms with E-state index in [-0.39, 0.29) is 17.6 Å². The number of methoxy groups -OCH3 is 1. The van der Waals surface area contributed by atoms with E-state index >= 15 is 0 Å². The fraction of sp³-hybridized carbons (Fsp3) is 0.333. The van der Waals surface area contributed by atoms with Crippen molar-refractivity contribution in [2.24, 2.45) is 0 Å². The van der Waals surface area contributed by atoms with Gasteiger partial charge in [0, 0.05) is 26.2 Å². The number of hydrogen-bond donors (Lipinski definition) is 1. The van der Waals surface area contributed by atoms with Gasteiger partial charge in [-0.1, -0.05) is 12.1 Å². The number of aromatic hydroxyl groups is 1. The summed E-state index contributed by atoms with van der Waals surface area (Å²) in [5.41, 5.74) is 0.522. The van der Waals surface area contributed by atoms with Gasteiger partial charge in [-0.05, 0) is 43.3 Å². The number of hydrogen-bond acceptors (Lipinski definition) is 5. The SMILES string of the molecule is COc1ccccc1C(=O)N1CCN(C(=O)C(C)Oc2ccc(O)cc2)CC1. The summed E-state index contributed by atoms with van der Waals surface area (Å²) in [6, 6.07) is 13.4. The van der Waals surface area contributed by atoms with Crippen molar-refractivity contribution in [3.05, 3.63) is 54.1 Å². The molecule has 1 atom stereocenters. The van der Waals surface area contributed by atoms with E-state index in [1.165, 1.54) is 19.2 Å². The van der Waals surface area contributed by atoms with E-state index < -0.39 is 6.10 Å². The second-order valence-corrected chi connectivity index (χ2v) is 6.57. The van der Waals surface area contributed by atoms with E-state index in [2.05, 4.69) is 0 Å². The highest BCUT2D eigenvalue weighted by atomic mass is 16.5. The van der Waals surface area contributed by atoms with Crippen molar-refractivity contribution in [3.8, 4) is 17.2 Å². The minimum atomic E-state index is -0.652. The van der Waals surface area contributed by atoms with Crippen LogP contribution in [0.2, 0.25) is 0 Å². The minimum Gasteiger partial charge on any atom is -0.508 e. The fourth-order valence-electron chi connectivity index (χ4n) is 3.16. The van der Waals surface area contributed by atoms with Gasteiger partial charge in [-0.15, -0.1) is 0 Å². The molecule has 7 heteroatoms. The third-order valence-electron chi connectivity index (χ3n) is 4.71. The van der Waals surface area contributed by atoms with Crippen molar-refractivity contribution in [2.75, 3.05) is 33.3 Å². The smallest absolute Gasteiger partial charge is 0.263 e. The molecule has 0 saturated carbocycles. The molecule has 0 aliphatic carbocycles. The standard InChI is InChI=1S/C21H24N2O5/c1-15(28-17-9-7-16(24)8-10-17)20(25)22-11-13-23(14-12-22)21(26)18-5-3-4-6-19(18)27-2/h3-10,15,24H,11-14H2,1-2H3. The lowest BCUT2D eigenvalue weighted by Gasteiger charge is -2.36. The van der Waals surface area contributed by atoms with E-state index in [4.69, 9.17) is 9.47 Å². The van der Waals surface area contributed by atoms with Crippen LogP contribution in [-0.2, 0) is 4.79 Å². The lowest BCUT2D eigenvalue weighted by atomic mass is 10.1. The molecule has 148 valence electrons. The van der Waals surface area contributed by atoms with Crippen molar-refractivity contribution in [3.63, 3.8) is 0 Å². The Hall–Kier alpha value is -3.22. The number of benzene rings is 2. The maximum atomic E-state index is 12.8. The molecule has 1 N–H and O–H groups in total. The Balaban J connectivity index is 1.56. The second-order valence-electron chi connectivity index (χ2n) is 6.57. The third kappa shape index (κ3) is 4.36. The molecule has 7 nitrogen and oxygen atoms in total. The van der Waals surface area contributed by atoms with Crippen molar-refractivity contribution in [1.82, 2.24) is 9.80 Å². The number of carbonyl (C=O) groups is 2. The number of para-hydroxylation sites is 1. The Labute approximate surface area is 164 Å². The quantitative estimate of drug-likeness (QED) is 0.855. The number of ether oxygens (including phenoxy) is 2. The Bertz CT molecular complexity index is 829. The number of phenolic OH excluding ortho intramolecular Hbond substituents is 1. The van der Waals surface area contributed by atoms with Crippen LogP contribution in [0.15, 0.2) is 48.5 Å². The lowest BCUT2D eigenvalue weighted by Crippen LogP contribution is -2.53. The monoisotopic (exact) mass is 384 g/mol. The van der Waals surface area contributed by atoms with Gasteiger partial charge in [-0.3, -0.25) is 9.59 Å². The van der Waals surface area contributed by atoms with Gasteiger partial charge in [0.25, 0.3) is 11.8 Å². The van der Waals surface area contributed by atoms with E-state index in [9.17, 15) is 14.7 Å². The Morgan fingerprint density at radius 3 is 2.21 bits per heavy atom. The number of rotatable bonds is 5. The van der Waals surface area contributed by atoms with Gasteiger partial charge < -0.3 is 24.4 Å². The molecule has 2 aromatic carbocycles. The molecule has 0 spiro atoms. The lowest BCUT2D eigenvalue weighted by molar-refractivity contribution is -0.139. The molecular weight excluding hydrogens is 360 g/mol. The van der Waals surface area contributed by atoms with E-state index in [0.29, 0.717) is 43.2 Å². The van der Waals surface area contributed by atoms with Crippen LogP contribution in [0, 0.1) is 0 Å². The molecule has 2 aromatic rings. The third-order valence-corrected chi connectivity index (χ3v) is 4.71. The average molecular weight is 384 g/mol. The van der Waals surface area contributed by atoms with Crippen molar-refractivity contribution in [2.45, 2.75) is 13.0 Å². The molecule has 1 heterocycles. The van der Waals surface area contributed by atoms with Gasteiger partial charge in [0.15, 0.2) is 6.10 Å². The molecule has 1 unspecified atom stereocenters. The van der Waals surface area contributed by atoms with Gasteiger partial charge in [-0.2, -0.15) is 0 Å². The van der Waals surface area contributed by atoms with Gasteiger partial charge in [-0.25, -0.2) is 0 Å². The minimum absolute atomic E-state index is 0.0991. The van der Waals surface area contributed by atoms with E-state index in [1.807, 2.05) is 6.07 Å². The van der Waals surface area contributed by atoms with Gasteiger partial charge in [0.1, 0.15) is 17.2 Å². The molecule has 0 bridgehead atoms. The molecule has 1 aliphatic heterocycles. The number of phenols is 1. The molecule has 1 fully saturated rings. The van der Waals surface area contributed by atoms with Gasteiger partial charge >= 0.3 is 0 Å². The maximum Gasteiger partial charge on any atom is 0.263 e. The van der Waals surface area contributed by atoms with Crippen LogP contribution in [0.4, 0.5) is 0 Å². The summed E-state index contributed by atoms with van der Waals surface area (Å²) in [6.45, 7) is 3.50. The summed E-state index contributed by atoms with van der Waals surface area (Å²) in [5.74, 6) is 0.975. The highest BCUT2D eigenvalue weighted by molar-refractivity contribution is 5.97. The maximum absolute atomic E-state index is 12.8. The van der Waals surface area contributed by atoms with Crippen LogP contribution in [0.5, 0.6) is 17.2 Å².